The minimum Gasteiger partial charge on any atom is -0.354 e. The van der Waals surface area contributed by atoms with Crippen molar-refractivity contribution in [3.05, 3.63) is 41.5 Å². The van der Waals surface area contributed by atoms with Crippen LogP contribution in [0, 0.1) is 18.3 Å². The van der Waals surface area contributed by atoms with Crippen molar-refractivity contribution < 1.29 is 0 Å². The van der Waals surface area contributed by atoms with Crippen molar-refractivity contribution in [3.63, 3.8) is 0 Å². The van der Waals surface area contributed by atoms with Gasteiger partial charge in [0.05, 0.1) is 17.5 Å². The van der Waals surface area contributed by atoms with Gasteiger partial charge in [-0.15, -0.1) is 15.3 Å². The monoisotopic (exact) mass is 320 g/mol. The van der Waals surface area contributed by atoms with Gasteiger partial charge < -0.3 is 4.90 Å². The SMILES string of the molecule is Cc1ccc2nnc(C3CCN(c4nnccc4C#N)CC3)n2n1. The van der Waals surface area contributed by atoms with Gasteiger partial charge in [-0.25, -0.2) is 0 Å². The molecule has 24 heavy (non-hydrogen) atoms. The highest BCUT2D eigenvalue weighted by Gasteiger charge is 2.26. The van der Waals surface area contributed by atoms with Crippen molar-refractivity contribution in [2.75, 3.05) is 18.0 Å². The number of nitrogens with zero attached hydrogens (tertiary/aromatic N) is 8. The fourth-order valence-electron chi connectivity index (χ4n) is 3.15. The molecule has 8 nitrogen and oxygen atoms in total. The van der Waals surface area contributed by atoms with Crippen molar-refractivity contribution in [1.29, 1.82) is 5.26 Å². The quantitative estimate of drug-likeness (QED) is 0.705. The van der Waals surface area contributed by atoms with Crippen LogP contribution in [0.3, 0.4) is 0 Å². The van der Waals surface area contributed by atoms with Gasteiger partial charge in [0.1, 0.15) is 6.07 Å². The second-order valence-electron chi connectivity index (χ2n) is 5.94. The Morgan fingerprint density at radius 2 is 1.96 bits per heavy atom. The van der Waals surface area contributed by atoms with Crippen molar-refractivity contribution >= 4 is 11.5 Å². The molecule has 0 saturated carbocycles. The van der Waals surface area contributed by atoms with Gasteiger partial charge in [0.2, 0.25) is 0 Å². The van der Waals surface area contributed by atoms with Crippen LogP contribution in [0.25, 0.3) is 5.65 Å². The van der Waals surface area contributed by atoms with E-state index in [2.05, 4.69) is 36.5 Å². The van der Waals surface area contributed by atoms with Gasteiger partial charge in [0.15, 0.2) is 17.3 Å². The standard InChI is InChI=1S/C16H16N8/c1-11-2-3-14-19-21-16(24(14)22-11)12-5-8-23(9-6-12)15-13(10-17)4-7-18-20-15/h2-4,7,12H,5-6,8-9H2,1H3. The first-order valence-corrected chi connectivity index (χ1v) is 7.92. The second-order valence-corrected chi connectivity index (χ2v) is 5.94. The van der Waals surface area contributed by atoms with Gasteiger partial charge in [0.25, 0.3) is 0 Å². The molecule has 120 valence electrons. The lowest BCUT2D eigenvalue weighted by Crippen LogP contribution is -2.34. The number of nitriles is 1. The van der Waals surface area contributed by atoms with Crippen LogP contribution in [0.4, 0.5) is 5.82 Å². The third-order valence-corrected chi connectivity index (χ3v) is 4.40. The summed E-state index contributed by atoms with van der Waals surface area (Å²) in [4.78, 5) is 2.12. The first-order chi connectivity index (χ1) is 11.8. The normalized spacial score (nSPS) is 15.6. The summed E-state index contributed by atoms with van der Waals surface area (Å²) in [6, 6.07) is 7.76. The second kappa shape index (κ2) is 5.85. The van der Waals surface area contributed by atoms with Crippen molar-refractivity contribution in [2.45, 2.75) is 25.7 Å². The molecule has 4 rings (SSSR count). The Balaban J connectivity index is 1.56. The Bertz CT molecular complexity index is 917. The van der Waals surface area contributed by atoms with E-state index in [0.29, 0.717) is 17.3 Å². The number of aromatic nitrogens is 6. The maximum atomic E-state index is 9.22. The first kappa shape index (κ1) is 14.5. The zero-order chi connectivity index (χ0) is 16.5. The summed E-state index contributed by atoms with van der Waals surface area (Å²) in [5.74, 6) is 1.87. The summed E-state index contributed by atoms with van der Waals surface area (Å²) in [5.41, 5.74) is 2.28. The summed E-state index contributed by atoms with van der Waals surface area (Å²) < 4.78 is 1.85. The van der Waals surface area contributed by atoms with Crippen LogP contribution in [-0.2, 0) is 0 Å². The van der Waals surface area contributed by atoms with E-state index in [-0.39, 0.29) is 0 Å². The minimum absolute atomic E-state index is 0.299. The molecule has 0 bridgehead atoms. The number of hydrogen-bond acceptors (Lipinski definition) is 7. The number of piperidine rings is 1. The average Bonchev–Trinajstić information content (AvgIpc) is 3.05. The maximum absolute atomic E-state index is 9.22. The van der Waals surface area contributed by atoms with Gasteiger partial charge in [0, 0.05) is 19.0 Å². The molecule has 4 heterocycles. The summed E-state index contributed by atoms with van der Waals surface area (Å²) in [6.45, 7) is 3.57. The number of rotatable bonds is 2. The summed E-state index contributed by atoms with van der Waals surface area (Å²) >= 11 is 0. The van der Waals surface area contributed by atoms with Crippen LogP contribution in [-0.4, -0.2) is 43.1 Å². The zero-order valence-electron chi connectivity index (χ0n) is 13.3. The fraction of sp³-hybridized carbons (Fsp3) is 0.375. The predicted octanol–water partition coefficient (Wildman–Crippen LogP) is 1.48. The number of fused-ring (bicyclic) bond motifs is 1. The lowest BCUT2D eigenvalue weighted by atomic mass is 9.96. The lowest BCUT2D eigenvalue weighted by molar-refractivity contribution is 0.473. The number of aryl methyl sites for hydroxylation is 1. The lowest BCUT2D eigenvalue weighted by Gasteiger charge is -2.31. The van der Waals surface area contributed by atoms with E-state index in [4.69, 9.17) is 0 Å². The van der Waals surface area contributed by atoms with E-state index in [1.165, 1.54) is 0 Å². The van der Waals surface area contributed by atoms with E-state index >= 15 is 0 Å². The third kappa shape index (κ3) is 2.44. The van der Waals surface area contributed by atoms with Crippen molar-refractivity contribution in [3.8, 4) is 6.07 Å². The molecular formula is C16H16N8. The molecule has 0 unspecified atom stereocenters. The highest BCUT2D eigenvalue weighted by molar-refractivity contribution is 5.52. The predicted molar refractivity (Wildman–Crippen MR) is 86.5 cm³/mol. The Hall–Kier alpha value is -3.08. The van der Waals surface area contributed by atoms with Gasteiger partial charge in [-0.2, -0.15) is 20.0 Å². The smallest absolute Gasteiger partial charge is 0.177 e. The third-order valence-electron chi connectivity index (χ3n) is 4.40. The van der Waals surface area contributed by atoms with Gasteiger partial charge >= 0.3 is 0 Å². The highest BCUT2D eigenvalue weighted by atomic mass is 15.4. The van der Waals surface area contributed by atoms with Gasteiger partial charge in [-0.05, 0) is 38.0 Å². The summed E-state index contributed by atoms with van der Waals surface area (Å²) in [7, 11) is 0. The Labute approximate surface area is 138 Å². The molecular weight excluding hydrogens is 304 g/mol. The molecule has 3 aromatic rings. The molecule has 0 aromatic carbocycles. The van der Waals surface area contributed by atoms with Gasteiger partial charge in [-0.3, -0.25) is 0 Å². The van der Waals surface area contributed by atoms with E-state index in [1.54, 1.807) is 12.3 Å². The molecule has 8 heteroatoms. The van der Waals surface area contributed by atoms with Crippen LogP contribution in [0.5, 0.6) is 0 Å². The molecule has 0 atom stereocenters. The molecule has 0 spiro atoms. The van der Waals surface area contributed by atoms with Gasteiger partial charge in [-0.1, -0.05) is 0 Å². The first-order valence-electron chi connectivity index (χ1n) is 7.92. The van der Waals surface area contributed by atoms with Crippen LogP contribution < -0.4 is 4.90 Å². The van der Waals surface area contributed by atoms with Crippen molar-refractivity contribution in [1.82, 2.24) is 30.0 Å². The minimum atomic E-state index is 0.299. The Morgan fingerprint density at radius 3 is 2.75 bits per heavy atom. The average molecular weight is 320 g/mol. The molecule has 0 amide bonds. The number of anilines is 1. The molecule has 1 aliphatic heterocycles. The molecule has 0 N–H and O–H groups in total. The molecule has 1 saturated heterocycles. The molecule has 3 aromatic heterocycles. The molecule has 0 aliphatic carbocycles. The zero-order valence-corrected chi connectivity index (χ0v) is 13.3. The maximum Gasteiger partial charge on any atom is 0.177 e. The number of hydrogen-bond donors (Lipinski definition) is 0. The van der Waals surface area contributed by atoms with Crippen molar-refractivity contribution in [2.24, 2.45) is 0 Å². The van der Waals surface area contributed by atoms with E-state index < -0.39 is 0 Å². The van der Waals surface area contributed by atoms with E-state index in [0.717, 1.165) is 43.1 Å². The topological polar surface area (TPSA) is 95.9 Å². The Morgan fingerprint density at radius 1 is 1.12 bits per heavy atom. The van der Waals surface area contributed by atoms with Crippen LogP contribution >= 0.6 is 0 Å². The van der Waals surface area contributed by atoms with E-state index in [9.17, 15) is 5.26 Å². The highest BCUT2D eigenvalue weighted by Crippen LogP contribution is 2.29. The molecule has 1 aliphatic rings. The Kier molecular flexibility index (Phi) is 3.54. The van der Waals surface area contributed by atoms with Crippen LogP contribution in [0.15, 0.2) is 24.4 Å². The molecule has 0 radical (unpaired) electrons. The fourth-order valence-corrected chi connectivity index (χ4v) is 3.15. The van der Waals surface area contributed by atoms with Crippen LogP contribution in [0.1, 0.15) is 35.8 Å². The molecule has 1 fully saturated rings. The largest absolute Gasteiger partial charge is 0.354 e. The van der Waals surface area contributed by atoms with E-state index in [1.807, 2.05) is 23.6 Å². The van der Waals surface area contributed by atoms with Crippen LogP contribution in [0.2, 0.25) is 0 Å². The summed E-state index contributed by atoms with van der Waals surface area (Å²) in [6.07, 6.45) is 3.38. The summed E-state index contributed by atoms with van der Waals surface area (Å²) in [5, 5.41) is 30.3.